The third-order valence-electron chi connectivity index (χ3n) is 1.49. The number of methoxy groups -OCH3 is 1. The van der Waals surface area contributed by atoms with E-state index in [2.05, 4.69) is 4.99 Å². The maximum absolute atomic E-state index is 5.43. The summed E-state index contributed by atoms with van der Waals surface area (Å²) in [5, 5.41) is 0. The first-order chi connectivity index (χ1) is 6.74. The minimum atomic E-state index is 0.0930. The molecular weight excluding hydrogens is 221 g/mol. The first kappa shape index (κ1) is 11.1. The lowest BCUT2D eigenvalue weighted by molar-refractivity contribution is 0.405. The van der Waals surface area contributed by atoms with Gasteiger partial charge in [0.05, 0.1) is 13.3 Å². The van der Waals surface area contributed by atoms with Gasteiger partial charge < -0.3 is 4.74 Å². The average Bonchev–Trinajstić information content (AvgIpc) is 2.20. The lowest BCUT2D eigenvalue weighted by Crippen LogP contribution is -2.02. The summed E-state index contributed by atoms with van der Waals surface area (Å²) in [5.74, 6) is 0.476. The van der Waals surface area contributed by atoms with Crippen LogP contribution in [-0.4, -0.2) is 13.0 Å². The first-order valence-corrected chi connectivity index (χ1v) is 4.68. The van der Waals surface area contributed by atoms with Crippen molar-refractivity contribution < 1.29 is 4.74 Å². The van der Waals surface area contributed by atoms with Crippen molar-refractivity contribution in [2.45, 2.75) is 0 Å². The summed E-state index contributed by atoms with van der Waals surface area (Å²) >= 11 is 10.9. The molecule has 0 atom stereocenters. The Hall–Kier alpha value is -0.990. The van der Waals surface area contributed by atoms with Crippen LogP contribution in [0, 0.1) is 0 Å². The van der Waals surface area contributed by atoms with E-state index in [1.165, 1.54) is 6.20 Å². The van der Waals surface area contributed by atoms with Crippen LogP contribution >= 0.6 is 23.2 Å². The first-order valence-electron chi connectivity index (χ1n) is 3.92. The number of ether oxygens (including phenoxy) is 1. The average molecular weight is 230 g/mol. The van der Waals surface area contributed by atoms with Crippen molar-refractivity contribution in [1.82, 2.24) is 0 Å². The van der Waals surface area contributed by atoms with Gasteiger partial charge in [-0.2, -0.15) is 0 Å². The third kappa shape index (κ3) is 3.40. The standard InChI is InChI=1S/C10H9Cl2NO/c1-14-10(13-7-9(11)12)8-5-3-2-4-6-8/h2-7H,1H3. The van der Waals surface area contributed by atoms with Crippen LogP contribution in [0.4, 0.5) is 0 Å². The van der Waals surface area contributed by atoms with E-state index in [9.17, 15) is 0 Å². The molecule has 0 aliphatic rings. The summed E-state index contributed by atoms with van der Waals surface area (Å²) < 4.78 is 5.17. The molecule has 0 bridgehead atoms. The fourth-order valence-electron chi connectivity index (χ4n) is 0.933. The van der Waals surface area contributed by atoms with Gasteiger partial charge in [0.15, 0.2) is 0 Å². The minimum Gasteiger partial charge on any atom is -0.481 e. The van der Waals surface area contributed by atoms with Crippen molar-refractivity contribution in [3.63, 3.8) is 0 Å². The lowest BCUT2D eigenvalue weighted by atomic mass is 10.2. The van der Waals surface area contributed by atoms with E-state index in [-0.39, 0.29) is 4.49 Å². The molecule has 1 aromatic carbocycles. The lowest BCUT2D eigenvalue weighted by Gasteiger charge is -2.02. The number of hydrogen-bond donors (Lipinski definition) is 0. The Morgan fingerprint density at radius 2 is 1.93 bits per heavy atom. The fraction of sp³-hybridized carbons (Fsp3) is 0.100. The van der Waals surface area contributed by atoms with E-state index in [1.807, 2.05) is 30.3 Å². The number of hydrogen-bond acceptors (Lipinski definition) is 2. The van der Waals surface area contributed by atoms with Gasteiger partial charge in [-0.1, -0.05) is 41.4 Å². The highest BCUT2D eigenvalue weighted by Crippen LogP contribution is 2.08. The second-order valence-corrected chi connectivity index (χ2v) is 3.43. The number of rotatable bonds is 2. The Kier molecular flexibility index (Phi) is 4.50. The highest BCUT2D eigenvalue weighted by molar-refractivity contribution is 6.55. The molecule has 0 saturated heterocycles. The van der Waals surface area contributed by atoms with Gasteiger partial charge in [-0.05, 0) is 12.1 Å². The molecule has 14 heavy (non-hydrogen) atoms. The summed E-state index contributed by atoms with van der Waals surface area (Å²) in [7, 11) is 1.54. The van der Waals surface area contributed by atoms with Crippen LogP contribution in [0.15, 0.2) is 46.0 Å². The number of aliphatic imine (C=N–C) groups is 1. The van der Waals surface area contributed by atoms with Gasteiger partial charge in [-0.3, -0.25) is 0 Å². The van der Waals surface area contributed by atoms with E-state index in [4.69, 9.17) is 27.9 Å². The van der Waals surface area contributed by atoms with Crippen molar-refractivity contribution in [3.8, 4) is 0 Å². The van der Waals surface area contributed by atoms with E-state index in [1.54, 1.807) is 7.11 Å². The van der Waals surface area contributed by atoms with Crippen LogP contribution in [0.5, 0.6) is 0 Å². The van der Waals surface area contributed by atoms with Crippen LogP contribution in [0.3, 0.4) is 0 Å². The highest BCUT2D eigenvalue weighted by Gasteiger charge is 1.99. The molecule has 0 aromatic heterocycles. The summed E-state index contributed by atoms with van der Waals surface area (Å²) in [4.78, 5) is 3.98. The van der Waals surface area contributed by atoms with Crippen LogP contribution in [0.1, 0.15) is 5.56 Å². The van der Waals surface area contributed by atoms with Gasteiger partial charge in [-0.15, -0.1) is 0 Å². The minimum absolute atomic E-state index is 0.0930. The molecule has 0 heterocycles. The topological polar surface area (TPSA) is 21.6 Å². The molecule has 0 unspecified atom stereocenters. The molecular formula is C10H9Cl2NO. The molecule has 0 N–H and O–H groups in total. The van der Waals surface area contributed by atoms with Crippen LogP contribution in [0.25, 0.3) is 0 Å². The maximum Gasteiger partial charge on any atom is 0.220 e. The van der Waals surface area contributed by atoms with E-state index < -0.39 is 0 Å². The molecule has 1 rings (SSSR count). The largest absolute Gasteiger partial charge is 0.481 e. The zero-order chi connectivity index (χ0) is 10.4. The zero-order valence-electron chi connectivity index (χ0n) is 7.58. The Labute approximate surface area is 92.8 Å². The molecule has 2 nitrogen and oxygen atoms in total. The predicted molar refractivity (Wildman–Crippen MR) is 59.8 cm³/mol. The molecule has 0 saturated carbocycles. The number of benzene rings is 1. The number of halogens is 2. The molecule has 1 aromatic rings. The molecule has 4 heteroatoms. The molecule has 74 valence electrons. The fourth-order valence-corrected chi connectivity index (χ4v) is 1.03. The van der Waals surface area contributed by atoms with Crippen LogP contribution in [-0.2, 0) is 4.74 Å². The van der Waals surface area contributed by atoms with Crippen molar-refractivity contribution in [2.75, 3.05) is 7.11 Å². The monoisotopic (exact) mass is 229 g/mol. The predicted octanol–water partition coefficient (Wildman–Crippen LogP) is 3.36. The Bertz CT molecular complexity index is 342. The van der Waals surface area contributed by atoms with E-state index in [0.717, 1.165) is 5.56 Å². The van der Waals surface area contributed by atoms with Crippen LogP contribution < -0.4 is 0 Å². The van der Waals surface area contributed by atoms with E-state index >= 15 is 0 Å². The molecule has 0 aliphatic heterocycles. The normalized spacial score (nSPS) is 10.9. The zero-order valence-corrected chi connectivity index (χ0v) is 9.09. The Morgan fingerprint density at radius 1 is 1.29 bits per heavy atom. The quantitative estimate of drug-likeness (QED) is 0.563. The summed E-state index contributed by atoms with van der Waals surface area (Å²) in [5.41, 5.74) is 0.876. The smallest absolute Gasteiger partial charge is 0.220 e. The van der Waals surface area contributed by atoms with E-state index in [0.29, 0.717) is 5.90 Å². The second kappa shape index (κ2) is 5.68. The van der Waals surface area contributed by atoms with Crippen molar-refractivity contribution in [3.05, 3.63) is 46.6 Å². The van der Waals surface area contributed by atoms with Gasteiger partial charge in [-0.25, -0.2) is 4.99 Å². The summed E-state index contributed by atoms with van der Waals surface area (Å²) in [6.45, 7) is 0. The highest BCUT2D eigenvalue weighted by atomic mass is 35.5. The van der Waals surface area contributed by atoms with Crippen LogP contribution in [0.2, 0.25) is 0 Å². The number of nitrogens with zero attached hydrogens (tertiary/aromatic N) is 1. The second-order valence-electron chi connectivity index (χ2n) is 2.42. The van der Waals surface area contributed by atoms with Crippen molar-refractivity contribution in [1.29, 1.82) is 0 Å². The Balaban J connectivity index is 2.93. The molecule has 0 amide bonds. The molecule has 0 aliphatic carbocycles. The third-order valence-corrected chi connectivity index (χ3v) is 1.69. The summed E-state index contributed by atoms with van der Waals surface area (Å²) in [6.07, 6.45) is 1.33. The van der Waals surface area contributed by atoms with Gasteiger partial charge in [0, 0.05) is 5.56 Å². The maximum atomic E-state index is 5.43. The molecule has 0 spiro atoms. The van der Waals surface area contributed by atoms with Gasteiger partial charge in [0.2, 0.25) is 5.90 Å². The SMILES string of the molecule is COC(=NC=C(Cl)Cl)c1ccccc1. The van der Waals surface area contributed by atoms with Gasteiger partial charge in [0.1, 0.15) is 4.49 Å². The van der Waals surface area contributed by atoms with Crippen molar-refractivity contribution >= 4 is 29.1 Å². The van der Waals surface area contributed by atoms with Crippen molar-refractivity contribution in [2.24, 2.45) is 4.99 Å². The molecule has 0 fully saturated rings. The van der Waals surface area contributed by atoms with Gasteiger partial charge in [0.25, 0.3) is 0 Å². The molecule has 0 radical (unpaired) electrons. The Morgan fingerprint density at radius 3 is 2.43 bits per heavy atom. The summed E-state index contributed by atoms with van der Waals surface area (Å²) in [6, 6.07) is 9.49. The van der Waals surface area contributed by atoms with Gasteiger partial charge >= 0.3 is 0 Å².